The molecule has 92 valence electrons. The van der Waals surface area contributed by atoms with Crippen molar-refractivity contribution in [3.8, 4) is 0 Å². The van der Waals surface area contributed by atoms with Crippen molar-refractivity contribution in [1.82, 2.24) is 5.32 Å². The zero-order valence-corrected chi connectivity index (χ0v) is 10.9. The van der Waals surface area contributed by atoms with Gasteiger partial charge in [-0.3, -0.25) is 0 Å². The van der Waals surface area contributed by atoms with Gasteiger partial charge in [0, 0.05) is 12.6 Å². The molecule has 0 fully saturated rings. The van der Waals surface area contributed by atoms with Crippen molar-refractivity contribution in [2.24, 2.45) is 5.92 Å². The molecular formula is C13H29NO. The highest BCUT2D eigenvalue weighted by molar-refractivity contribution is 4.69. The van der Waals surface area contributed by atoms with E-state index < -0.39 is 0 Å². The second-order valence-electron chi connectivity index (χ2n) is 4.97. The highest BCUT2D eigenvalue weighted by Gasteiger charge is 2.10. The predicted molar refractivity (Wildman–Crippen MR) is 67.1 cm³/mol. The summed E-state index contributed by atoms with van der Waals surface area (Å²) in [5.74, 6) is 0.581. The lowest BCUT2D eigenvalue weighted by Crippen LogP contribution is -2.36. The molecule has 2 heteroatoms. The Labute approximate surface area is 95.5 Å². The first-order chi connectivity index (χ1) is 7.10. The van der Waals surface area contributed by atoms with E-state index in [0.29, 0.717) is 12.0 Å². The molecule has 0 spiro atoms. The molecule has 0 aromatic rings. The van der Waals surface area contributed by atoms with Crippen molar-refractivity contribution >= 4 is 0 Å². The van der Waals surface area contributed by atoms with Gasteiger partial charge >= 0.3 is 0 Å². The van der Waals surface area contributed by atoms with Crippen molar-refractivity contribution in [2.45, 2.75) is 71.9 Å². The minimum Gasteiger partial charge on any atom is -0.392 e. The van der Waals surface area contributed by atoms with Crippen LogP contribution in [0.5, 0.6) is 0 Å². The standard InChI is InChI=1S/C13H29NO/c1-5-7-12(8-6-2)14-10-13(15)9-11(3)4/h11-15H,5-10H2,1-4H3. The minimum atomic E-state index is -0.179. The van der Waals surface area contributed by atoms with Crippen molar-refractivity contribution in [1.29, 1.82) is 0 Å². The van der Waals surface area contributed by atoms with Gasteiger partial charge in [-0.1, -0.05) is 40.5 Å². The van der Waals surface area contributed by atoms with Crippen LogP contribution in [0.4, 0.5) is 0 Å². The van der Waals surface area contributed by atoms with Crippen LogP contribution in [-0.2, 0) is 0 Å². The van der Waals surface area contributed by atoms with Gasteiger partial charge in [0.2, 0.25) is 0 Å². The molecule has 0 saturated carbocycles. The molecule has 0 aliphatic carbocycles. The van der Waals surface area contributed by atoms with Gasteiger partial charge < -0.3 is 10.4 Å². The Morgan fingerprint density at radius 3 is 2.00 bits per heavy atom. The number of hydrogen-bond donors (Lipinski definition) is 2. The molecule has 0 heterocycles. The fourth-order valence-electron chi connectivity index (χ4n) is 1.98. The lowest BCUT2D eigenvalue weighted by atomic mass is 10.0. The molecule has 0 aliphatic rings. The number of aliphatic hydroxyl groups excluding tert-OH is 1. The van der Waals surface area contributed by atoms with Crippen LogP contribution in [0, 0.1) is 5.92 Å². The van der Waals surface area contributed by atoms with E-state index >= 15 is 0 Å². The van der Waals surface area contributed by atoms with Crippen LogP contribution in [0.2, 0.25) is 0 Å². The van der Waals surface area contributed by atoms with Crippen molar-refractivity contribution in [2.75, 3.05) is 6.54 Å². The molecule has 0 saturated heterocycles. The average molecular weight is 215 g/mol. The van der Waals surface area contributed by atoms with Gasteiger partial charge in [0.15, 0.2) is 0 Å². The summed E-state index contributed by atoms with van der Waals surface area (Å²) in [6.45, 7) is 9.49. The molecule has 2 N–H and O–H groups in total. The third-order valence-corrected chi connectivity index (χ3v) is 2.66. The Morgan fingerprint density at radius 1 is 1.07 bits per heavy atom. The second-order valence-corrected chi connectivity index (χ2v) is 4.97. The van der Waals surface area contributed by atoms with E-state index in [4.69, 9.17) is 0 Å². The number of aliphatic hydroxyl groups is 1. The monoisotopic (exact) mass is 215 g/mol. The minimum absolute atomic E-state index is 0.179. The zero-order valence-electron chi connectivity index (χ0n) is 10.9. The Bertz CT molecular complexity index is 130. The summed E-state index contributed by atoms with van der Waals surface area (Å²) in [7, 11) is 0. The van der Waals surface area contributed by atoms with E-state index in [0.717, 1.165) is 13.0 Å². The summed E-state index contributed by atoms with van der Waals surface area (Å²) in [6.07, 6.45) is 5.61. The van der Waals surface area contributed by atoms with Crippen molar-refractivity contribution < 1.29 is 5.11 Å². The van der Waals surface area contributed by atoms with E-state index in [-0.39, 0.29) is 6.10 Å². The fourth-order valence-corrected chi connectivity index (χ4v) is 1.98. The molecule has 0 aromatic carbocycles. The molecule has 1 unspecified atom stereocenters. The largest absolute Gasteiger partial charge is 0.392 e. The van der Waals surface area contributed by atoms with Crippen LogP contribution in [-0.4, -0.2) is 23.8 Å². The van der Waals surface area contributed by atoms with Crippen molar-refractivity contribution in [3.05, 3.63) is 0 Å². The summed E-state index contributed by atoms with van der Waals surface area (Å²) in [5, 5.41) is 13.2. The molecule has 0 aromatic heterocycles. The first kappa shape index (κ1) is 14.9. The molecule has 1 atom stereocenters. The number of hydrogen-bond acceptors (Lipinski definition) is 2. The predicted octanol–water partition coefficient (Wildman–Crippen LogP) is 2.95. The fraction of sp³-hybridized carbons (Fsp3) is 1.00. The summed E-state index contributed by atoms with van der Waals surface area (Å²) in [6, 6.07) is 0.599. The molecule has 2 nitrogen and oxygen atoms in total. The highest BCUT2D eigenvalue weighted by Crippen LogP contribution is 2.07. The number of rotatable bonds is 9. The van der Waals surface area contributed by atoms with Crippen LogP contribution < -0.4 is 5.32 Å². The third kappa shape index (κ3) is 8.88. The molecule has 0 radical (unpaired) electrons. The summed E-state index contributed by atoms with van der Waals surface area (Å²) < 4.78 is 0. The molecule has 0 bridgehead atoms. The highest BCUT2D eigenvalue weighted by atomic mass is 16.3. The molecular weight excluding hydrogens is 186 g/mol. The zero-order chi connectivity index (χ0) is 11.7. The molecule has 0 rings (SSSR count). The van der Waals surface area contributed by atoms with Gasteiger partial charge in [0.05, 0.1) is 6.10 Å². The van der Waals surface area contributed by atoms with Gasteiger partial charge in [0.25, 0.3) is 0 Å². The maximum atomic E-state index is 9.74. The first-order valence-corrected chi connectivity index (χ1v) is 6.51. The van der Waals surface area contributed by atoms with Gasteiger partial charge in [-0.2, -0.15) is 0 Å². The van der Waals surface area contributed by atoms with Gasteiger partial charge in [-0.05, 0) is 25.2 Å². The van der Waals surface area contributed by atoms with Crippen LogP contribution in [0.3, 0.4) is 0 Å². The first-order valence-electron chi connectivity index (χ1n) is 6.51. The van der Waals surface area contributed by atoms with Gasteiger partial charge in [-0.15, -0.1) is 0 Å². The maximum absolute atomic E-state index is 9.74. The molecule has 15 heavy (non-hydrogen) atoms. The van der Waals surface area contributed by atoms with E-state index in [1.54, 1.807) is 0 Å². The second kappa shape index (κ2) is 9.17. The van der Waals surface area contributed by atoms with Crippen LogP contribution in [0.1, 0.15) is 59.8 Å². The van der Waals surface area contributed by atoms with Gasteiger partial charge in [0.1, 0.15) is 0 Å². The van der Waals surface area contributed by atoms with E-state index in [1.165, 1.54) is 25.7 Å². The third-order valence-electron chi connectivity index (χ3n) is 2.66. The smallest absolute Gasteiger partial charge is 0.0667 e. The summed E-state index contributed by atoms with van der Waals surface area (Å²) >= 11 is 0. The topological polar surface area (TPSA) is 32.3 Å². The Hall–Kier alpha value is -0.0800. The van der Waals surface area contributed by atoms with E-state index in [2.05, 4.69) is 33.0 Å². The Kier molecular flexibility index (Phi) is 9.12. The average Bonchev–Trinajstić information content (AvgIpc) is 2.14. The summed E-state index contributed by atoms with van der Waals surface area (Å²) in [4.78, 5) is 0. The lowest BCUT2D eigenvalue weighted by Gasteiger charge is -2.20. The van der Waals surface area contributed by atoms with Gasteiger partial charge in [-0.25, -0.2) is 0 Å². The van der Waals surface area contributed by atoms with E-state index in [1.807, 2.05) is 0 Å². The van der Waals surface area contributed by atoms with Crippen molar-refractivity contribution in [3.63, 3.8) is 0 Å². The summed E-state index contributed by atoms with van der Waals surface area (Å²) in [5.41, 5.74) is 0. The van der Waals surface area contributed by atoms with E-state index in [9.17, 15) is 5.11 Å². The SMILES string of the molecule is CCCC(CCC)NCC(O)CC(C)C. The quantitative estimate of drug-likeness (QED) is 0.620. The lowest BCUT2D eigenvalue weighted by molar-refractivity contribution is 0.141. The normalized spacial score (nSPS) is 13.8. The van der Waals surface area contributed by atoms with Crippen LogP contribution in [0.25, 0.3) is 0 Å². The molecule has 0 aliphatic heterocycles. The Morgan fingerprint density at radius 2 is 1.60 bits per heavy atom. The van der Waals surface area contributed by atoms with Crippen LogP contribution in [0.15, 0.2) is 0 Å². The number of nitrogens with one attached hydrogen (secondary N) is 1. The maximum Gasteiger partial charge on any atom is 0.0667 e. The molecule has 0 amide bonds. The van der Waals surface area contributed by atoms with Crippen LogP contribution >= 0.6 is 0 Å². The Balaban J connectivity index is 3.67.